The highest BCUT2D eigenvalue weighted by atomic mass is 15.2. The van der Waals surface area contributed by atoms with Crippen molar-refractivity contribution in [3.05, 3.63) is 124 Å². The van der Waals surface area contributed by atoms with Gasteiger partial charge in [0.1, 0.15) is 0 Å². The van der Waals surface area contributed by atoms with Crippen LogP contribution < -0.4 is 26.2 Å². The molecule has 0 bridgehead atoms. The van der Waals surface area contributed by atoms with E-state index >= 15 is 0 Å². The van der Waals surface area contributed by atoms with Gasteiger partial charge in [-0.15, -0.1) is 0 Å². The summed E-state index contributed by atoms with van der Waals surface area (Å²) in [6.45, 7) is 29.0. The zero-order chi connectivity index (χ0) is 38.3. The molecule has 0 atom stereocenters. The van der Waals surface area contributed by atoms with Crippen molar-refractivity contribution in [3.63, 3.8) is 0 Å². The summed E-state index contributed by atoms with van der Waals surface area (Å²) in [5.74, 6) is 0. The lowest BCUT2D eigenvalue weighted by Gasteiger charge is -2.48. The van der Waals surface area contributed by atoms with Crippen molar-refractivity contribution < 1.29 is 0 Å². The van der Waals surface area contributed by atoms with Crippen LogP contribution in [0.4, 0.5) is 34.1 Å². The van der Waals surface area contributed by atoms with E-state index in [1.54, 1.807) is 0 Å². The minimum atomic E-state index is 0.0264. The first kappa shape index (κ1) is 35.5. The zero-order valence-electron chi connectivity index (χ0n) is 35.0. The molecule has 4 aliphatic rings. The number of hydrogen-bond acceptors (Lipinski definition) is 2. The minimum Gasteiger partial charge on any atom is -0.311 e. The molecule has 54 heavy (non-hydrogen) atoms. The maximum atomic E-state index is 2.67. The maximum absolute atomic E-state index is 2.67. The number of fused-ring (bicyclic) bond motifs is 6. The molecule has 276 valence electrons. The third-order valence-electron chi connectivity index (χ3n) is 14.2. The third-order valence-corrected chi connectivity index (χ3v) is 14.2. The van der Waals surface area contributed by atoms with Gasteiger partial charge >= 0.3 is 0 Å². The Morgan fingerprint density at radius 1 is 0.481 bits per heavy atom. The van der Waals surface area contributed by atoms with Crippen LogP contribution in [-0.2, 0) is 27.1 Å². The Kier molecular flexibility index (Phi) is 7.49. The second kappa shape index (κ2) is 11.4. The quantitative estimate of drug-likeness (QED) is 0.165. The minimum absolute atomic E-state index is 0.0264. The molecule has 5 aromatic rings. The van der Waals surface area contributed by atoms with E-state index in [0.29, 0.717) is 0 Å². The Bertz CT molecular complexity index is 2350. The normalized spacial score (nSPS) is 19.7. The van der Waals surface area contributed by atoms with E-state index in [1.165, 1.54) is 110 Å². The van der Waals surface area contributed by atoms with Gasteiger partial charge in [0, 0.05) is 34.1 Å². The molecule has 0 unspecified atom stereocenters. The highest BCUT2D eigenvalue weighted by Gasteiger charge is 2.47. The van der Waals surface area contributed by atoms with Crippen molar-refractivity contribution in [3.8, 4) is 0 Å². The first-order valence-electron chi connectivity index (χ1n) is 20.6. The fraction of sp³-hybridized carbons (Fsp3) is 0.412. The van der Waals surface area contributed by atoms with Gasteiger partial charge in [-0.2, -0.15) is 0 Å². The van der Waals surface area contributed by atoms with Crippen LogP contribution in [-0.4, -0.2) is 6.71 Å². The fourth-order valence-electron chi connectivity index (χ4n) is 10.4. The Balaban J connectivity index is 1.39. The summed E-state index contributed by atoms with van der Waals surface area (Å²) in [6.07, 6.45) is 4.81. The van der Waals surface area contributed by atoms with Crippen LogP contribution in [0.2, 0.25) is 0 Å². The lowest BCUT2D eigenvalue weighted by Crippen LogP contribution is -2.62. The number of rotatable bonds is 2. The van der Waals surface area contributed by atoms with Gasteiger partial charge in [0.15, 0.2) is 0 Å². The number of anilines is 6. The number of hydrogen-bond donors (Lipinski definition) is 0. The number of benzene rings is 5. The summed E-state index contributed by atoms with van der Waals surface area (Å²) in [6, 6.07) is 36.3. The van der Waals surface area contributed by atoms with Gasteiger partial charge in [-0.25, -0.2) is 0 Å². The molecule has 0 N–H and O–H groups in total. The molecule has 0 saturated heterocycles. The topological polar surface area (TPSA) is 6.48 Å². The van der Waals surface area contributed by atoms with Crippen LogP contribution in [0.1, 0.15) is 135 Å². The first-order chi connectivity index (χ1) is 25.3. The highest BCUT2D eigenvalue weighted by molar-refractivity contribution is 7.00. The first-order valence-corrected chi connectivity index (χ1v) is 20.6. The predicted molar refractivity (Wildman–Crippen MR) is 234 cm³/mol. The van der Waals surface area contributed by atoms with Gasteiger partial charge < -0.3 is 9.80 Å². The summed E-state index contributed by atoms with van der Waals surface area (Å²) in [5, 5.41) is 0. The molecule has 0 fully saturated rings. The summed E-state index contributed by atoms with van der Waals surface area (Å²) in [7, 11) is 0. The summed E-state index contributed by atoms with van der Waals surface area (Å²) in [5.41, 5.74) is 21.2. The lowest BCUT2D eigenvalue weighted by molar-refractivity contribution is 0.332. The monoisotopic (exact) mass is 710 g/mol. The summed E-state index contributed by atoms with van der Waals surface area (Å²) in [4.78, 5) is 5.20. The molecule has 2 aliphatic heterocycles. The average Bonchev–Trinajstić information content (AvgIpc) is 3.11. The standard InChI is InChI=1S/C51H59BN2/c1-32-16-19-34(20-17-32)53-42-23-18-33(47(2,3)4)28-40(42)52-41-30-38-39(51(11,12)27-26-50(38,9)10)31-45(41)54(44-15-13-14-43(53)46(44)52)35-21-22-36-37(29-35)49(7,8)25-24-48(36,5)6/h13-23,28-31H,24-27H2,1-12H3. The zero-order valence-corrected chi connectivity index (χ0v) is 35.0. The Morgan fingerprint density at radius 3 is 1.57 bits per heavy atom. The molecular formula is C51H59BN2. The smallest absolute Gasteiger partial charge is 0.252 e. The van der Waals surface area contributed by atoms with Crippen molar-refractivity contribution in [2.45, 2.75) is 136 Å². The van der Waals surface area contributed by atoms with E-state index in [-0.39, 0.29) is 33.8 Å². The van der Waals surface area contributed by atoms with Crippen molar-refractivity contribution in [1.29, 1.82) is 0 Å². The van der Waals surface area contributed by atoms with Crippen molar-refractivity contribution in [2.24, 2.45) is 0 Å². The molecule has 5 aromatic carbocycles. The predicted octanol–water partition coefficient (Wildman–Crippen LogP) is 12.1. The third kappa shape index (κ3) is 5.20. The van der Waals surface area contributed by atoms with Gasteiger partial charge in [0.2, 0.25) is 0 Å². The Labute approximate surface area is 326 Å². The van der Waals surface area contributed by atoms with Gasteiger partial charge in [-0.1, -0.05) is 124 Å². The van der Waals surface area contributed by atoms with Crippen LogP contribution in [0.5, 0.6) is 0 Å². The van der Waals surface area contributed by atoms with E-state index < -0.39 is 0 Å². The fourth-order valence-corrected chi connectivity index (χ4v) is 10.4. The maximum Gasteiger partial charge on any atom is 0.252 e. The molecule has 0 spiro atoms. The van der Waals surface area contributed by atoms with Crippen LogP contribution in [0.3, 0.4) is 0 Å². The van der Waals surface area contributed by atoms with E-state index in [2.05, 4.69) is 184 Å². The Morgan fingerprint density at radius 2 is 0.981 bits per heavy atom. The summed E-state index contributed by atoms with van der Waals surface area (Å²) >= 11 is 0. The van der Waals surface area contributed by atoms with Gasteiger partial charge in [0.25, 0.3) is 6.71 Å². The van der Waals surface area contributed by atoms with E-state index in [4.69, 9.17) is 0 Å². The van der Waals surface area contributed by atoms with Crippen LogP contribution >= 0.6 is 0 Å². The second-order valence-electron chi connectivity index (χ2n) is 20.9. The molecule has 2 heterocycles. The highest BCUT2D eigenvalue weighted by Crippen LogP contribution is 2.52. The van der Waals surface area contributed by atoms with Gasteiger partial charge in [-0.3, -0.25) is 0 Å². The molecule has 0 aromatic heterocycles. The van der Waals surface area contributed by atoms with Crippen LogP contribution in [0.25, 0.3) is 0 Å². The SMILES string of the molecule is Cc1ccc(N2c3ccc(C(C)(C)C)cc3B3c4cc5c(cc4N(c4ccc6c(c4)C(C)(C)CCC6(C)C)c4cccc2c43)C(C)(C)CCC5(C)C)cc1. The van der Waals surface area contributed by atoms with Crippen molar-refractivity contribution in [1.82, 2.24) is 0 Å². The molecule has 3 heteroatoms. The van der Waals surface area contributed by atoms with Gasteiger partial charge in [-0.05, 0) is 152 Å². The molecular weight excluding hydrogens is 651 g/mol. The number of aryl methyl sites for hydroxylation is 1. The van der Waals surface area contributed by atoms with Crippen LogP contribution in [0, 0.1) is 6.92 Å². The van der Waals surface area contributed by atoms with E-state index in [1.807, 2.05) is 0 Å². The molecule has 0 saturated carbocycles. The molecule has 0 amide bonds. The van der Waals surface area contributed by atoms with Crippen LogP contribution in [0.15, 0.2) is 91.0 Å². The lowest BCUT2D eigenvalue weighted by atomic mass is 9.33. The van der Waals surface area contributed by atoms with E-state index in [0.717, 1.165) is 0 Å². The molecule has 9 rings (SSSR count). The van der Waals surface area contributed by atoms with Crippen molar-refractivity contribution >= 4 is 57.2 Å². The second-order valence-corrected chi connectivity index (χ2v) is 20.9. The largest absolute Gasteiger partial charge is 0.311 e. The van der Waals surface area contributed by atoms with E-state index in [9.17, 15) is 0 Å². The summed E-state index contributed by atoms with van der Waals surface area (Å²) < 4.78 is 0. The number of nitrogens with zero attached hydrogens (tertiary/aromatic N) is 2. The average molecular weight is 711 g/mol. The molecule has 2 nitrogen and oxygen atoms in total. The van der Waals surface area contributed by atoms with Crippen molar-refractivity contribution in [2.75, 3.05) is 9.80 Å². The molecule has 2 aliphatic carbocycles. The molecule has 0 radical (unpaired) electrons. The Hall–Kier alpha value is -4.24. The van der Waals surface area contributed by atoms with Gasteiger partial charge in [0.05, 0.1) is 0 Å².